The molecule has 0 aliphatic rings. The summed E-state index contributed by atoms with van der Waals surface area (Å²) in [5.74, 6) is 0. The van der Waals surface area contributed by atoms with Gasteiger partial charge in [-0.15, -0.1) is 0 Å². The third-order valence-corrected chi connectivity index (χ3v) is 2.50. The van der Waals surface area contributed by atoms with Gasteiger partial charge in [-0.25, -0.2) is 0 Å². The lowest BCUT2D eigenvalue weighted by atomic mass is 10.1. The number of halogens is 1. The highest BCUT2D eigenvalue weighted by Crippen LogP contribution is 2.22. The molecule has 3 heteroatoms. The van der Waals surface area contributed by atoms with E-state index in [4.69, 9.17) is 11.5 Å². The van der Waals surface area contributed by atoms with Crippen molar-refractivity contribution in [1.82, 2.24) is 0 Å². The van der Waals surface area contributed by atoms with Gasteiger partial charge in [-0.2, -0.15) is 0 Å². The van der Waals surface area contributed by atoms with E-state index < -0.39 is 0 Å². The van der Waals surface area contributed by atoms with Crippen molar-refractivity contribution in [2.45, 2.75) is 13.0 Å². The molecule has 2 nitrogen and oxygen atoms in total. The van der Waals surface area contributed by atoms with Gasteiger partial charge in [-0.1, -0.05) is 28.1 Å². The smallest absolute Gasteiger partial charge is 0.0430 e. The molecule has 1 aromatic carbocycles. The molecule has 12 heavy (non-hydrogen) atoms. The highest BCUT2D eigenvalue weighted by Gasteiger charge is 2.06. The monoisotopic (exact) mass is 228 g/mol. The summed E-state index contributed by atoms with van der Waals surface area (Å²) in [6, 6.07) is 6.03. The van der Waals surface area contributed by atoms with Gasteiger partial charge in [0.05, 0.1) is 0 Å². The molecule has 4 N–H and O–H groups in total. The normalized spacial score (nSPS) is 13.0. The number of aryl methyl sites for hydroxylation is 1. The second-order valence-corrected chi connectivity index (χ2v) is 3.72. The van der Waals surface area contributed by atoms with Crippen molar-refractivity contribution in [1.29, 1.82) is 0 Å². The fourth-order valence-electron chi connectivity index (χ4n) is 1.06. The van der Waals surface area contributed by atoms with Gasteiger partial charge in [-0.3, -0.25) is 0 Å². The second-order valence-electron chi connectivity index (χ2n) is 2.87. The van der Waals surface area contributed by atoms with Crippen molar-refractivity contribution in [3.63, 3.8) is 0 Å². The van der Waals surface area contributed by atoms with Crippen LogP contribution in [-0.2, 0) is 0 Å². The number of nitrogens with two attached hydrogens (primary N) is 2. The zero-order valence-corrected chi connectivity index (χ0v) is 8.64. The molecule has 1 rings (SSSR count). The number of hydrogen-bond acceptors (Lipinski definition) is 2. The van der Waals surface area contributed by atoms with E-state index in [-0.39, 0.29) is 6.04 Å². The standard InChI is InChI=1S/C9H13BrN2/c1-6-2-3-7(8(10)4-6)9(12)5-11/h2-4,9H,5,11-12H2,1H3/t9-/m1/s1. The minimum atomic E-state index is -0.0695. The average Bonchev–Trinajstić information content (AvgIpc) is 2.03. The molecule has 0 aromatic heterocycles. The molecule has 0 unspecified atom stereocenters. The predicted molar refractivity (Wildman–Crippen MR) is 54.9 cm³/mol. The van der Waals surface area contributed by atoms with Gasteiger partial charge in [0.2, 0.25) is 0 Å². The van der Waals surface area contributed by atoms with Gasteiger partial charge in [0.25, 0.3) is 0 Å². The molecule has 0 saturated heterocycles. The minimum Gasteiger partial charge on any atom is -0.329 e. The number of rotatable bonds is 2. The fourth-order valence-corrected chi connectivity index (χ4v) is 1.85. The highest BCUT2D eigenvalue weighted by molar-refractivity contribution is 9.10. The Morgan fingerprint density at radius 2 is 2.17 bits per heavy atom. The number of benzene rings is 1. The Hall–Kier alpha value is -0.380. The molecule has 0 aliphatic heterocycles. The Labute approximate surface area is 81.1 Å². The van der Waals surface area contributed by atoms with Crippen molar-refractivity contribution in [3.05, 3.63) is 33.8 Å². The predicted octanol–water partition coefficient (Wildman–Crippen LogP) is 1.72. The van der Waals surface area contributed by atoms with Crippen LogP contribution < -0.4 is 11.5 Å². The Morgan fingerprint density at radius 3 is 2.67 bits per heavy atom. The maximum absolute atomic E-state index is 5.79. The average molecular weight is 229 g/mol. The first-order valence-electron chi connectivity index (χ1n) is 3.87. The number of hydrogen-bond donors (Lipinski definition) is 2. The largest absolute Gasteiger partial charge is 0.329 e. The molecule has 0 heterocycles. The van der Waals surface area contributed by atoms with Crippen molar-refractivity contribution >= 4 is 15.9 Å². The molecular weight excluding hydrogens is 216 g/mol. The first kappa shape index (κ1) is 9.71. The van der Waals surface area contributed by atoms with E-state index in [9.17, 15) is 0 Å². The van der Waals surface area contributed by atoms with Crippen molar-refractivity contribution < 1.29 is 0 Å². The van der Waals surface area contributed by atoms with Crippen LogP contribution in [-0.4, -0.2) is 6.54 Å². The lowest BCUT2D eigenvalue weighted by molar-refractivity contribution is 0.733. The Bertz CT molecular complexity index is 273. The van der Waals surface area contributed by atoms with Gasteiger partial charge < -0.3 is 11.5 Å². The van der Waals surface area contributed by atoms with Crippen LogP contribution in [0.25, 0.3) is 0 Å². The molecule has 0 fully saturated rings. The van der Waals surface area contributed by atoms with Crippen LogP contribution in [0.2, 0.25) is 0 Å². The lowest BCUT2D eigenvalue weighted by Crippen LogP contribution is -2.21. The molecule has 66 valence electrons. The third kappa shape index (κ3) is 2.06. The maximum atomic E-state index is 5.79. The minimum absolute atomic E-state index is 0.0695. The molecule has 0 amide bonds. The summed E-state index contributed by atoms with van der Waals surface area (Å²) in [5.41, 5.74) is 13.5. The van der Waals surface area contributed by atoms with Crippen LogP contribution in [0.4, 0.5) is 0 Å². The van der Waals surface area contributed by atoms with Crippen LogP contribution in [0, 0.1) is 6.92 Å². The highest BCUT2D eigenvalue weighted by atomic mass is 79.9. The first-order valence-corrected chi connectivity index (χ1v) is 4.66. The van der Waals surface area contributed by atoms with E-state index in [0.717, 1.165) is 10.0 Å². The van der Waals surface area contributed by atoms with Gasteiger partial charge in [0, 0.05) is 17.1 Å². The molecular formula is C9H13BrN2. The van der Waals surface area contributed by atoms with Gasteiger partial charge in [0.15, 0.2) is 0 Å². The summed E-state index contributed by atoms with van der Waals surface area (Å²) >= 11 is 3.45. The van der Waals surface area contributed by atoms with Crippen molar-refractivity contribution in [2.24, 2.45) is 11.5 Å². The van der Waals surface area contributed by atoms with Gasteiger partial charge in [0.1, 0.15) is 0 Å². The summed E-state index contributed by atoms with van der Waals surface area (Å²) in [6.07, 6.45) is 0. The topological polar surface area (TPSA) is 52.0 Å². The van der Waals surface area contributed by atoms with E-state index >= 15 is 0 Å². The van der Waals surface area contributed by atoms with Crippen LogP contribution in [0.5, 0.6) is 0 Å². The van der Waals surface area contributed by atoms with E-state index in [1.54, 1.807) is 0 Å². The SMILES string of the molecule is Cc1ccc([C@H](N)CN)c(Br)c1. The molecule has 0 saturated carbocycles. The molecule has 0 bridgehead atoms. The zero-order valence-electron chi connectivity index (χ0n) is 7.05. The van der Waals surface area contributed by atoms with Crippen LogP contribution in [0.15, 0.2) is 22.7 Å². The van der Waals surface area contributed by atoms with E-state index in [1.807, 2.05) is 25.1 Å². The maximum Gasteiger partial charge on any atom is 0.0430 e. The Balaban J connectivity index is 3.01. The molecule has 1 atom stereocenters. The van der Waals surface area contributed by atoms with Crippen molar-refractivity contribution in [2.75, 3.05) is 6.54 Å². The van der Waals surface area contributed by atoms with Crippen LogP contribution in [0.1, 0.15) is 17.2 Å². The quantitative estimate of drug-likeness (QED) is 0.811. The fraction of sp³-hybridized carbons (Fsp3) is 0.333. The molecule has 1 aromatic rings. The summed E-state index contributed by atoms with van der Waals surface area (Å²) in [5, 5.41) is 0. The summed E-state index contributed by atoms with van der Waals surface area (Å²) in [4.78, 5) is 0. The lowest BCUT2D eigenvalue weighted by Gasteiger charge is -2.11. The van der Waals surface area contributed by atoms with Crippen LogP contribution in [0.3, 0.4) is 0 Å². The van der Waals surface area contributed by atoms with Gasteiger partial charge >= 0.3 is 0 Å². The second kappa shape index (κ2) is 4.03. The Morgan fingerprint density at radius 1 is 1.50 bits per heavy atom. The summed E-state index contributed by atoms with van der Waals surface area (Å²) in [7, 11) is 0. The summed E-state index contributed by atoms with van der Waals surface area (Å²) in [6.45, 7) is 2.52. The molecule has 0 aliphatic carbocycles. The third-order valence-electron chi connectivity index (χ3n) is 1.81. The zero-order chi connectivity index (χ0) is 9.14. The van der Waals surface area contributed by atoms with E-state index in [1.165, 1.54) is 5.56 Å². The first-order chi connectivity index (χ1) is 5.65. The van der Waals surface area contributed by atoms with E-state index in [2.05, 4.69) is 15.9 Å². The summed E-state index contributed by atoms with van der Waals surface area (Å²) < 4.78 is 1.04. The molecule has 0 spiro atoms. The van der Waals surface area contributed by atoms with Crippen LogP contribution >= 0.6 is 15.9 Å². The molecule has 0 radical (unpaired) electrons. The van der Waals surface area contributed by atoms with Gasteiger partial charge in [-0.05, 0) is 24.1 Å². The Kier molecular flexibility index (Phi) is 3.26. The van der Waals surface area contributed by atoms with Crippen molar-refractivity contribution in [3.8, 4) is 0 Å². The van der Waals surface area contributed by atoms with E-state index in [0.29, 0.717) is 6.54 Å².